The van der Waals surface area contributed by atoms with Gasteiger partial charge in [-0.25, -0.2) is 4.98 Å². The molecule has 2 saturated heterocycles. The first-order valence-corrected chi connectivity index (χ1v) is 12.4. The van der Waals surface area contributed by atoms with Crippen molar-refractivity contribution in [1.29, 1.82) is 0 Å². The lowest BCUT2D eigenvalue weighted by atomic mass is 9.89. The second-order valence-corrected chi connectivity index (χ2v) is 10.0. The van der Waals surface area contributed by atoms with E-state index in [2.05, 4.69) is 65.9 Å². The summed E-state index contributed by atoms with van der Waals surface area (Å²) in [4.78, 5) is 14.3. The largest absolute Gasteiger partial charge is 0.422 e. The molecule has 1 aromatic carbocycles. The van der Waals surface area contributed by atoms with E-state index in [1.54, 1.807) is 0 Å². The van der Waals surface area contributed by atoms with Gasteiger partial charge >= 0.3 is 0 Å². The average Bonchev–Trinajstić information content (AvgIpc) is 3.28. The van der Waals surface area contributed by atoms with Crippen molar-refractivity contribution < 1.29 is 4.42 Å². The Morgan fingerprint density at radius 3 is 2.47 bits per heavy atom. The second kappa shape index (κ2) is 9.22. The molecule has 3 aromatic rings. The lowest BCUT2D eigenvalue weighted by Crippen LogP contribution is -2.46. The zero-order valence-corrected chi connectivity index (χ0v) is 19.8. The maximum Gasteiger partial charge on any atom is 0.299 e. The zero-order chi connectivity index (χ0) is 22.1. The number of anilines is 1. The van der Waals surface area contributed by atoms with Gasteiger partial charge in [-0.1, -0.05) is 51.5 Å². The predicted molar refractivity (Wildman–Crippen MR) is 131 cm³/mol. The number of fused-ring (bicyclic) bond motifs is 1. The van der Waals surface area contributed by atoms with E-state index < -0.39 is 0 Å². The minimum atomic E-state index is 0.524. The lowest BCUT2D eigenvalue weighted by Gasteiger charge is -2.39. The average molecular weight is 433 g/mol. The molecule has 0 spiro atoms. The van der Waals surface area contributed by atoms with Gasteiger partial charge in [-0.2, -0.15) is 4.98 Å². The van der Waals surface area contributed by atoms with Gasteiger partial charge in [0.2, 0.25) is 5.65 Å². The van der Waals surface area contributed by atoms with Gasteiger partial charge in [0, 0.05) is 30.9 Å². The van der Waals surface area contributed by atoms with Crippen LogP contribution in [-0.2, 0) is 0 Å². The number of benzene rings is 1. The molecule has 5 nitrogen and oxygen atoms in total. The highest BCUT2D eigenvalue weighted by Crippen LogP contribution is 2.31. The van der Waals surface area contributed by atoms with Crippen LogP contribution in [-0.4, -0.2) is 47.1 Å². The first-order valence-electron chi connectivity index (χ1n) is 12.4. The quantitative estimate of drug-likeness (QED) is 0.487. The molecular weight excluding hydrogens is 396 g/mol. The van der Waals surface area contributed by atoms with Crippen molar-refractivity contribution in [1.82, 2.24) is 14.9 Å². The second-order valence-electron chi connectivity index (χ2n) is 10.0. The fraction of sp³-hybridized carbons (Fsp3) is 0.556. The third-order valence-electron chi connectivity index (χ3n) is 7.62. The smallest absolute Gasteiger partial charge is 0.299 e. The molecule has 2 aromatic heterocycles. The van der Waals surface area contributed by atoms with E-state index >= 15 is 0 Å². The number of oxazole rings is 1. The summed E-state index contributed by atoms with van der Waals surface area (Å²) in [6, 6.07) is 12.4. The van der Waals surface area contributed by atoms with Gasteiger partial charge in [0.25, 0.3) is 6.01 Å². The summed E-state index contributed by atoms with van der Waals surface area (Å²) in [5.74, 6) is 1.14. The number of likely N-dealkylation sites (tertiary alicyclic amines) is 1. The van der Waals surface area contributed by atoms with E-state index in [9.17, 15) is 0 Å². The molecule has 2 fully saturated rings. The van der Waals surface area contributed by atoms with Gasteiger partial charge in [-0.3, -0.25) is 0 Å². The summed E-state index contributed by atoms with van der Waals surface area (Å²) < 4.78 is 6.21. The fourth-order valence-corrected chi connectivity index (χ4v) is 5.19. The zero-order valence-electron chi connectivity index (χ0n) is 19.8. The molecule has 170 valence electrons. The van der Waals surface area contributed by atoms with Gasteiger partial charge in [-0.15, -0.1) is 0 Å². The van der Waals surface area contributed by atoms with Crippen LogP contribution in [0.25, 0.3) is 22.4 Å². The van der Waals surface area contributed by atoms with Crippen molar-refractivity contribution >= 4 is 17.2 Å². The molecule has 0 amide bonds. The Hall–Kier alpha value is -2.40. The third-order valence-corrected chi connectivity index (χ3v) is 7.62. The Morgan fingerprint density at radius 1 is 0.938 bits per heavy atom. The first-order chi connectivity index (χ1) is 15.6. The van der Waals surface area contributed by atoms with Crippen LogP contribution in [0.15, 0.2) is 40.9 Å². The van der Waals surface area contributed by atoms with Gasteiger partial charge < -0.3 is 14.2 Å². The molecule has 5 heteroatoms. The molecule has 32 heavy (non-hydrogen) atoms. The van der Waals surface area contributed by atoms with Gasteiger partial charge in [0.1, 0.15) is 0 Å². The normalized spacial score (nSPS) is 19.7. The first kappa shape index (κ1) is 21.4. The summed E-state index contributed by atoms with van der Waals surface area (Å²) in [7, 11) is 0. The highest BCUT2D eigenvalue weighted by molar-refractivity contribution is 5.77. The van der Waals surface area contributed by atoms with Gasteiger partial charge in [0.15, 0.2) is 5.58 Å². The lowest BCUT2D eigenvalue weighted by molar-refractivity contribution is 0.140. The van der Waals surface area contributed by atoms with Gasteiger partial charge in [-0.05, 0) is 67.8 Å². The summed E-state index contributed by atoms with van der Waals surface area (Å²) in [5.41, 5.74) is 5.12. The van der Waals surface area contributed by atoms with Gasteiger partial charge in [0.05, 0.1) is 0 Å². The van der Waals surface area contributed by atoms with Crippen LogP contribution in [0.5, 0.6) is 0 Å². The number of piperidine rings is 2. The SMILES string of the molecule is CC(C)C(C)c1cccc(-c2cnc3nc(N4CCC(N5CCCCC5)CC4)oc3c2)c1. The van der Waals surface area contributed by atoms with Crippen LogP contribution < -0.4 is 4.90 Å². The molecule has 4 heterocycles. The molecular formula is C27H36N4O. The monoisotopic (exact) mass is 432 g/mol. The number of hydrogen-bond donors (Lipinski definition) is 0. The number of pyridine rings is 1. The summed E-state index contributed by atoms with van der Waals surface area (Å²) in [5, 5.41) is 0. The molecule has 0 aliphatic carbocycles. The standard InChI is InChI=1S/C27H36N4O/c1-19(2)20(3)21-8-7-9-22(16-21)23-17-25-26(28-18-23)29-27(32-25)31-14-10-24(11-15-31)30-12-5-4-6-13-30/h7-9,16-20,24H,4-6,10-15H2,1-3H3. The third kappa shape index (κ3) is 4.40. The highest BCUT2D eigenvalue weighted by atomic mass is 16.4. The molecule has 1 atom stereocenters. The van der Waals surface area contributed by atoms with E-state index in [0.29, 0.717) is 17.5 Å². The minimum absolute atomic E-state index is 0.524. The minimum Gasteiger partial charge on any atom is -0.422 e. The van der Waals surface area contributed by atoms with E-state index in [1.165, 1.54) is 56.3 Å². The van der Waals surface area contributed by atoms with Crippen LogP contribution >= 0.6 is 0 Å². The van der Waals surface area contributed by atoms with Crippen molar-refractivity contribution in [2.45, 2.75) is 64.8 Å². The van der Waals surface area contributed by atoms with E-state index in [0.717, 1.165) is 36.3 Å². The Morgan fingerprint density at radius 2 is 1.72 bits per heavy atom. The van der Waals surface area contributed by atoms with Crippen molar-refractivity contribution in [3.05, 3.63) is 42.1 Å². The van der Waals surface area contributed by atoms with Crippen LogP contribution in [0, 0.1) is 5.92 Å². The van der Waals surface area contributed by atoms with Crippen molar-refractivity contribution in [2.75, 3.05) is 31.1 Å². The number of hydrogen-bond acceptors (Lipinski definition) is 5. The molecule has 2 aliphatic rings. The van der Waals surface area contributed by atoms with Crippen LogP contribution in [0.4, 0.5) is 6.01 Å². The topological polar surface area (TPSA) is 45.4 Å². The number of nitrogens with zero attached hydrogens (tertiary/aromatic N) is 4. The summed E-state index contributed by atoms with van der Waals surface area (Å²) in [6.07, 6.45) is 8.43. The van der Waals surface area contributed by atoms with Crippen molar-refractivity contribution in [3.8, 4) is 11.1 Å². The Balaban J connectivity index is 1.31. The van der Waals surface area contributed by atoms with Crippen LogP contribution in [0.2, 0.25) is 0 Å². The predicted octanol–water partition coefficient (Wildman–Crippen LogP) is 6.10. The molecule has 0 bridgehead atoms. The molecule has 5 rings (SSSR count). The summed E-state index contributed by atoms with van der Waals surface area (Å²) in [6.45, 7) is 11.4. The van der Waals surface area contributed by atoms with E-state index in [4.69, 9.17) is 9.40 Å². The van der Waals surface area contributed by atoms with E-state index in [-0.39, 0.29) is 0 Å². The Bertz CT molecular complexity index is 1040. The molecule has 1 unspecified atom stereocenters. The Kier molecular flexibility index (Phi) is 6.18. The fourth-order valence-electron chi connectivity index (χ4n) is 5.19. The van der Waals surface area contributed by atoms with Crippen molar-refractivity contribution in [3.63, 3.8) is 0 Å². The highest BCUT2D eigenvalue weighted by Gasteiger charge is 2.27. The molecule has 0 N–H and O–H groups in total. The number of aromatic nitrogens is 2. The maximum atomic E-state index is 6.21. The molecule has 2 aliphatic heterocycles. The van der Waals surface area contributed by atoms with Crippen LogP contribution in [0.1, 0.15) is 64.4 Å². The van der Waals surface area contributed by atoms with Crippen molar-refractivity contribution in [2.24, 2.45) is 5.92 Å². The Labute approximate surface area is 191 Å². The summed E-state index contributed by atoms with van der Waals surface area (Å²) >= 11 is 0. The maximum absolute atomic E-state index is 6.21. The van der Waals surface area contributed by atoms with E-state index in [1.807, 2.05) is 6.20 Å². The molecule has 0 radical (unpaired) electrons. The van der Waals surface area contributed by atoms with Crippen LogP contribution in [0.3, 0.4) is 0 Å². The molecule has 0 saturated carbocycles. The number of rotatable bonds is 5.